The van der Waals surface area contributed by atoms with E-state index in [1.54, 1.807) is 6.92 Å². The van der Waals surface area contributed by atoms with Crippen LogP contribution in [0.1, 0.15) is 18.1 Å². The first-order valence-electron chi connectivity index (χ1n) is 7.27. The topological polar surface area (TPSA) is 55.4 Å². The molecule has 1 atom stereocenters. The molecule has 0 spiro atoms. The maximum atomic E-state index is 13.6. The van der Waals surface area contributed by atoms with Gasteiger partial charge in [-0.15, -0.1) is 0 Å². The zero-order valence-corrected chi connectivity index (χ0v) is 14.2. The van der Waals surface area contributed by atoms with Crippen molar-refractivity contribution >= 4 is 10.0 Å². The van der Waals surface area contributed by atoms with E-state index in [-0.39, 0.29) is 11.5 Å². The first kappa shape index (κ1) is 17.4. The number of halogens is 1. The van der Waals surface area contributed by atoms with Crippen LogP contribution < -0.4 is 9.46 Å². The average molecular weight is 337 g/mol. The lowest BCUT2D eigenvalue weighted by Gasteiger charge is -2.17. The predicted octanol–water partition coefficient (Wildman–Crippen LogP) is 3.19. The van der Waals surface area contributed by atoms with Crippen molar-refractivity contribution in [1.29, 1.82) is 0 Å². The summed E-state index contributed by atoms with van der Waals surface area (Å²) in [5.41, 5.74) is 1.96. The molecule has 2 aromatic rings. The van der Waals surface area contributed by atoms with Crippen molar-refractivity contribution in [3.05, 3.63) is 59.4 Å². The Hall–Kier alpha value is -1.92. The van der Waals surface area contributed by atoms with Crippen LogP contribution in [0.2, 0.25) is 0 Å². The number of para-hydroxylation sites is 1. The lowest BCUT2D eigenvalue weighted by Crippen LogP contribution is -2.37. The van der Waals surface area contributed by atoms with E-state index in [1.807, 2.05) is 32.0 Å². The number of nitrogens with one attached hydrogen (secondary N) is 1. The number of ether oxygens (including phenoxy) is 1. The molecule has 2 rings (SSSR count). The molecular weight excluding hydrogens is 317 g/mol. The Kier molecular flexibility index (Phi) is 5.38. The van der Waals surface area contributed by atoms with Gasteiger partial charge < -0.3 is 4.74 Å². The number of rotatable bonds is 6. The molecule has 2 aromatic carbocycles. The first-order valence-corrected chi connectivity index (χ1v) is 8.75. The molecule has 0 aliphatic heterocycles. The van der Waals surface area contributed by atoms with Gasteiger partial charge in [0.25, 0.3) is 0 Å². The number of sulfonamides is 1. The summed E-state index contributed by atoms with van der Waals surface area (Å²) in [5, 5.41) is 0. The maximum absolute atomic E-state index is 13.6. The highest BCUT2D eigenvalue weighted by atomic mass is 32.2. The molecule has 6 heteroatoms. The number of hydrogen-bond donors (Lipinski definition) is 1. The van der Waals surface area contributed by atoms with Gasteiger partial charge in [-0.1, -0.05) is 30.3 Å². The predicted molar refractivity (Wildman–Crippen MR) is 87.6 cm³/mol. The fourth-order valence-corrected chi connectivity index (χ4v) is 3.57. The highest BCUT2D eigenvalue weighted by molar-refractivity contribution is 7.89. The van der Waals surface area contributed by atoms with Gasteiger partial charge in [0.15, 0.2) is 0 Å². The number of aryl methyl sites for hydroxylation is 2. The highest BCUT2D eigenvalue weighted by Crippen LogP contribution is 2.22. The summed E-state index contributed by atoms with van der Waals surface area (Å²) >= 11 is 0. The Labute approximate surface area is 136 Å². The molecule has 0 amide bonds. The summed E-state index contributed by atoms with van der Waals surface area (Å²) in [4.78, 5) is -0.362. The third-order valence-corrected chi connectivity index (χ3v) is 4.99. The monoisotopic (exact) mass is 337 g/mol. The van der Waals surface area contributed by atoms with Gasteiger partial charge in [0, 0.05) is 0 Å². The normalized spacial score (nSPS) is 12.9. The average Bonchev–Trinajstić information content (AvgIpc) is 2.46. The van der Waals surface area contributed by atoms with E-state index in [9.17, 15) is 12.8 Å². The SMILES string of the molecule is Cc1cccc(C)c1OCC(C)NS(=O)(=O)c1ccccc1F. The minimum Gasteiger partial charge on any atom is -0.491 e. The molecule has 1 unspecified atom stereocenters. The second-order valence-corrected chi connectivity index (χ2v) is 7.17. The van der Waals surface area contributed by atoms with Gasteiger partial charge in [0.05, 0.1) is 6.04 Å². The summed E-state index contributed by atoms with van der Waals surface area (Å²) in [6.07, 6.45) is 0. The van der Waals surface area contributed by atoms with E-state index < -0.39 is 21.9 Å². The summed E-state index contributed by atoms with van der Waals surface area (Å²) in [6.45, 7) is 5.68. The van der Waals surface area contributed by atoms with Crippen LogP contribution in [0.4, 0.5) is 4.39 Å². The quantitative estimate of drug-likeness (QED) is 0.881. The van der Waals surface area contributed by atoms with Gasteiger partial charge in [0.2, 0.25) is 10.0 Å². The Bertz CT molecular complexity index is 770. The van der Waals surface area contributed by atoms with Crippen LogP contribution in [0.15, 0.2) is 47.4 Å². The highest BCUT2D eigenvalue weighted by Gasteiger charge is 2.21. The molecule has 1 N–H and O–H groups in total. The Balaban J connectivity index is 2.05. The molecule has 0 aliphatic carbocycles. The molecule has 0 radical (unpaired) electrons. The molecule has 0 saturated heterocycles. The van der Waals surface area contributed by atoms with Gasteiger partial charge in [0.1, 0.15) is 23.1 Å². The Morgan fingerprint density at radius 2 is 1.70 bits per heavy atom. The zero-order valence-electron chi connectivity index (χ0n) is 13.3. The van der Waals surface area contributed by atoms with Crippen LogP contribution in [0, 0.1) is 19.7 Å². The number of benzene rings is 2. The van der Waals surface area contributed by atoms with Crippen LogP contribution in [-0.2, 0) is 10.0 Å². The smallest absolute Gasteiger partial charge is 0.243 e. The molecule has 0 aromatic heterocycles. The number of hydrogen-bond acceptors (Lipinski definition) is 3. The minimum atomic E-state index is -3.92. The molecule has 124 valence electrons. The van der Waals surface area contributed by atoms with Gasteiger partial charge in [-0.25, -0.2) is 17.5 Å². The van der Waals surface area contributed by atoms with Gasteiger partial charge in [-0.2, -0.15) is 0 Å². The second kappa shape index (κ2) is 7.10. The standard InChI is InChI=1S/C17H20FNO3S/c1-12-7-6-8-13(2)17(12)22-11-14(3)19-23(20,21)16-10-5-4-9-15(16)18/h4-10,14,19H,11H2,1-3H3. The molecule has 0 aliphatic rings. The third-order valence-electron chi connectivity index (χ3n) is 3.37. The van der Waals surface area contributed by atoms with Crippen LogP contribution in [0.25, 0.3) is 0 Å². The third kappa shape index (κ3) is 4.30. The fourth-order valence-electron chi connectivity index (χ4n) is 2.26. The zero-order chi connectivity index (χ0) is 17.0. The van der Waals surface area contributed by atoms with Crippen molar-refractivity contribution in [2.75, 3.05) is 6.61 Å². The van der Waals surface area contributed by atoms with Crippen molar-refractivity contribution in [3.8, 4) is 5.75 Å². The summed E-state index contributed by atoms with van der Waals surface area (Å²) < 4.78 is 46.2. The lowest BCUT2D eigenvalue weighted by atomic mass is 10.1. The van der Waals surface area contributed by atoms with Crippen LogP contribution >= 0.6 is 0 Å². The van der Waals surface area contributed by atoms with Crippen molar-refractivity contribution in [1.82, 2.24) is 4.72 Å². The molecule has 0 heterocycles. The summed E-state index contributed by atoms with van der Waals surface area (Å²) in [6, 6.07) is 10.6. The fraction of sp³-hybridized carbons (Fsp3) is 0.294. The lowest BCUT2D eigenvalue weighted by molar-refractivity contribution is 0.284. The van der Waals surface area contributed by atoms with Crippen LogP contribution in [0.5, 0.6) is 5.75 Å². The first-order chi connectivity index (χ1) is 10.8. The summed E-state index contributed by atoms with van der Waals surface area (Å²) in [7, 11) is -3.92. The van der Waals surface area contributed by atoms with Crippen LogP contribution in [0.3, 0.4) is 0 Å². The second-order valence-electron chi connectivity index (χ2n) is 5.48. The Morgan fingerprint density at radius 1 is 1.09 bits per heavy atom. The van der Waals surface area contributed by atoms with Crippen molar-refractivity contribution in [2.24, 2.45) is 0 Å². The Morgan fingerprint density at radius 3 is 2.30 bits per heavy atom. The maximum Gasteiger partial charge on any atom is 0.243 e. The van der Waals surface area contributed by atoms with E-state index in [0.29, 0.717) is 0 Å². The molecule has 0 fully saturated rings. The van der Waals surface area contributed by atoms with Crippen molar-refractivity contribution < 1.29 is 17.5 Å². The molecule has 4 nitrogen and oxygen atoms in total. The van der Waals surface area contributed by atoms with Crippen molar-refractivity contribution in [3.63, 3.8) is 0 Å². The molecule has 0 saturated carbocycles. The van der Waals surface area contributed by atoms with E-state index >= 15 is 0 Å². The largest absolute Gasteiger partial charge is 0.491 e. The molecule has 23 heavy (non-hydrogen) atoms. The van der Waals surface area contributed by atoms with Crippen molar-refractivity contribution in [2.45, 2.75) is 31.7 Å². The van der Waals surface area contributed by atoms with Gasteiger partial charge in [-0.05, 0) is 44.0 Å². The van der Waals surface area contributed by atoms with E-state index in [0.717, 1.165) is 22.9 Å². The van der Waals surface area contributed by atoms with Gasteiger partial charge >= 0.3 is 0 Å². The van der Waals surface area contributed by atoms with E-state index in [2.05, 4.69) is 4.72 Å². The molecular formula is C17H20FNO3S. The van der Waals surface area contributed by atoms with Crippen LogP contribution in [-0.4, -0.2) is 21.1 Å². The summed E-state index contributed by atoms with van der Waals surface area (Å²) in [5.74, 6) is -0.0349. The van der Waals surface area contributed by atoms with E-state index in [4.69, 9.17) is 4.74 Å². The van der Waals surface area contributed by atoms with E-state index in [1.165, 1.54) is 18.2 Å². The van der Waals surface area contributed by atoms with Gasteiger partial charge in [-0.3, -0.25) is 0 Å². The minimum absolute atomic E-state index is 0.152. The molecule has 0 bridgehead atoms.